The monoisotopic (exact) mass is 452 g/mol. The molecule has 0 atom stereocenters. The van der Waals surface area contributed by atoms with Gasteiger partial charge in [-0.15, -0.1) is 0 Å². The fourth-order valence-corrected chi connectivity index (χ4v) is 4.27. The van der Waals surface area contributed by atoms with Crippen LogP contribution < -0.4 is 4.74 Å². The van der Waals surface area contributed by atoms with Gasteiger partial charge in [-0.05, 0) is 41.1 Å². The van der Waals surface area contributed by atoms with Crippen LogP contribution in [0.4, 0.5) is 4.79 Å². The minimum absolute atomic E-state index is 0.240. The molecule has 0 saturated carbocycles. The van der Waals surface area contributed by atoms with Gasteiger partial charge in [0.25, 0.3) is 11.1 Å². The number of morpholine rings is 1. The van der Waals surface area contributed by atoms with Gasteiger partial charge in [-0.3, -0.25) is 19.3 Å². The number of thioether (sulfide) groups is 1. The van der Waals surface area contributed by atoms with Crippen LogP contribution in [0.25, 0.3) is 6.08 Å². The van der Waals surface area contributed by atoms with E-state index < -0.39 is 11.1 Å². The highest BCUT2D eigenvalue weighted by atomic mass is 32.2. The summed E-state index contributed by atoms with van der Waals surface area (Å²) in [6.07, 6.45) is 2.48. The molecule has 2 saturated heterocycles. The number of benzene rings is 2. The van der Waals surface area contributed by atoms with Crippen LogP contribution in [-0.4, -0.2) is 66.3 Å². The van der Waals surface area contributed by atoms with Crippen molar-refractivity contribution in [3.8, 4) is 5.75 Å². The molecular weight excluding hydrogens is 428 g/mol. The summed E-state index contributed by atoms with van der Waals surface area (Å²) >= 11 is 0.853. The summed E-state index contributed by atoms with van der Waals surface area (Å²) in [5, 5.41) is -0.427. The van der Waals surface area contributed by atoms with Gasteiger partial charge in [-0.2, -0.15) is 0 Å². The van der Waals surface area contributed by atoms with Crippen molar-refractivity contribution in [3.05, 3.63) is 70.6 Å². The van der Waals surface area contributed by atoms with E-state index >= 15 is 0 Å². The lowest BCUT2D eigenvalue weighted by atomic mass is 10.2. The molecule has 0 unspecified atom stereocenters. The van der Waals surface area contributed by atoms with Crippen molar-refractivity contribution in [3.63, 3.8) is 0 Å². The van der Waals surface area contributed by atoms with E-state index in [0.29, 0.717) is 37.8 Å². The molecule has 3 amide bonds. The molecule has 2 heterocycles. The van der Waals surface area contributed by atoms with Crippen LogP contribution in [0.2, 0.25) is 0 Å². The van der Waals surface area contributed by atoms with Gasteiger partial charge in [-0.25, -0.2) is 0 Å². The van der Waals surface area contributed by atoms with Crippen molar-refractivity contribution in [1.29, 1.82) is 0 Å². The quantitative estimate of drug-likeness (QED) is 0.601. The van der Waals surface area contributed by atoms with Gasteiger partial charge in [0, 0.05) is 19.5 Å². The van der Waals surface area contributed by atoms with Gasteiger partial charge in [0.2, 0.25) is 5.91 Å². The fraction of sp³-hybridized carbons (Fsp3) is 0.292. The maximum atomic E-state index is 12.7. The maximum Gasteiger partial charge on any atom is 0.294 e. The summed E-state index contributed by atoms with van der Waals surface area (Å²) in [5.41, 5.74) is 2.00. The molecule has 0 bridgehead atoms. The van der Waals surface area contributed by atoms with Gasteiger partial charge in [0.15, 0.2) is 0 Å². The highest BCUT2D eigenvalue weighted by Crippen LogP contribution is 2.32. The summed E-state index contributed by atoms with van der Waals surface area (Å²) in [6.45, 7) is 2.23. The van der Waals surface area contributed by atoms with Gasteiger partial charge in [-0.1, -0.05) is 42.5 Å². The highest BCUT2D eigenvalue weighted by molar-refractivity contribution is 8.18. The first kappa shape index (κ1) is 22.1. The predicted molar refractivity (Wildman–Crippen MR) is 122 cm³/mol. The molecule has 4 rings (SSSR count). The van der Waals surface area contributed by atoms with E-state index in [9.17, 15) is 14.4 Å². The standard InChI is InChI=1S/C24H24N2O5S/c27-22(25-11-14-30-15-12-25)17-26-23(28)21(32-24(26)29)16-19-6-8-20(9-7-19)31-13-10-18-4-2-1-3-5-18/h1-9,16H,10-15,17H2/b21-16-. The number of hydrogen-bond donors (Lipinski definition) is 0. The van der Waals surface area contributed by atoms with E-state index in [1.165, 1.54) is 5.56 Å². The van der Waals surface area contributed by atoms with E-state index in [2.05, 4.69) is 12.1 Å². The summed E-state index contributed by atoms with van der Waals surface area (Å²) in [7, 11) is 0. The summed E-state index contributed by atoms with van der Waals surface area (Å²) in [6, 6.07) is 17.5. The van der Waals surface area contributed by atoms with Crippen LogP contribution >= 0.6 is 11.8 Å². The molecule has 0 N–H and O–H groups in total. The third-order valence-electron chi connectivity index (χ3n) is 5.21. The van der Waals surface area contributed by atoms with Crippen LogP contribution in [-0.2, 0) is 20.7 Å². The predicted octanol–water partition coefficient (Wildman–Crippen LogP) is 3.20. The molecule has 0 aliphatic carbocycles. The third kappa shape index (κ3) is 5.57. The lowest BCUT2D eigenvalue weighted by molar-refractivity contribution is -0.139. The lowest BCUT2D eigenvalue weighted by Crippen LogP contribution is -2.46. The first-order valence-corrected chi connectivity index (χ1v) is 11.3. The molecule has 166 valence electrons. The summed E-state index contributed by atoms with van der Waals surface area (Å²) in [5.74, 6) is 0.0564. The zero-order chi connectivity index (χ0) is 22.3. The molecule has 2 aliphatic heterocycles. The topological polar surface area (TPSA) is 76.2 Å². The SMILES string of the molecule is O=C(CN1C(=O)S/C(=C\c2ccc(OCCc3ccccc3)cc2)C1=O)N1CCOCC1. The number of rotatable bonds is 7. The van der Waals surface area contributed by atoms with Crippen molar-refractivity contribution < 1.29 is 23.9 Å². The Bertz CT molecular complexity index is 1000. The van der Waals surface area contributed by atoms with Crippen LogP contribution in [0.5, 0.6) is 5.75 Å². The Hall–Kier alpha value is -3.10. The van der Waals surface area contributed by atoms with Gasteiger partial charge >= 0.3 is 0 Å². The van der Waals surface area contributed by atoms with Crippen molar-refractivity contribution >= 4 is 34.9 Å². The van der Waals surface area contributed by atoms with Crippen molar-refractivity contribution in [2.45, 2.75) is 6.42 Å². The zero-order valence-electron chi connectivity index (χ0n) is 17.6. The fourth-order valence-electron chi connectivity index (χ4n) is 3.43. The number of carbonyl (C=O) groups excluding carboxylic acids is 3. The third-order valence-corrected chi connectivity index (χ3v) is 6.12. The van der Waals surface area contributed by atoms with Crippen LogP contribution in [0.1, 0.15) is 11.1 Å². The lowest BCUT2D eigenvalue weighted by Gasteiger charge is -2.28. The van der Waals surface area contributed by atoms with Crippen LogP contribution in [0.3, 0.4) is 0 Å². The molecule has 8 heteroatoms. The molecule has 0 spiro atoms. The van der Waals surface area contributed by atoms with E-state index in [4.69, 9.17) is 9.47 Å². The van der Waals surface area contributed by atoms with Crippen molar-refractivity contribution in [2.75, 3.05) is 39.5 Å². The average molecular weight is 453 g/mol. The largest absolute Gasteiger partial charge is 0.493 e. The molecule has 2 aromatic carbocycles. The Balaban J connectivity index is 1.32. The number of carbonyl (C=O) groups is 3. The first-order valence-electron chi connectivity index (χ1n) is 10.5. The molecular formula is C24H24N2O5S. The van der Waals surface area contributed by atoms with E-state index in [-0.39, 0.29) is 12.5 Å². The summed E-state index contributed by atoms with van der Waals surface area (Å²) < 4.78 is 11.0. The minimum Gasteiger partial charge on any atom is -0.493 e. The molecule has 32 heavy (non-hydrogen) atoms. The van der Waals surface area contributed by atoms with Gasteiger partial charge < -0.3 is 14.4 Å². The molecule has 0 radical (unpaired) electrons. The van der Waals surface area contributed by atoms with E-state index in [1.54, 1.807) is 11.0 Å². The second-order valence-electron chi connectivity index (χ2n) is 7.41. The summed E-state index contributed by atoms with van der Waals surface area (Å²) in [4.78, 5) is 40.3. The number of imide groups is 1. The van der Waals surface area contributed by atoms with Crippen molar-refractivity contribution in [2.24, 2.45) is 0 Å². The smallest absolute Gasteiger partial charge is 0.294 e. The number of hydrogen-bond acceptors (Lipinski definition) is 6. The number of amides is 3. The van der Waals surface area contributed by atoms with Gasteiger partial charge in [0.05, 0.1) is 24.7 Å². The Morgan fingerprint density at radius 2 is 1.75 bits per heavy atom. The Morgan fingerprint density at radius 3 is 2.47 bits per heavy atom. The molecule has 2 aromatic rings. The minimum atomic E-state index is -0.440. The van der Waals surface area contributed by atoms with Crippen LogP contribution in [0, 0.1) is 0 Å². The number of nitrogens with zero attached hydrogens (tertiary/aromatic N) is 2. The highest BCUT2D eigenvalue weighted by Gasteiger charge is 2.37. The first-order chi connectivity index (χ1) is 15.6. The Kier molecular flexibility index (Phi) is 7.24. The van der Waals surface area contributed by atoms with E-state index in [0.717, 1.165) is 34.4 Å². The zero-order valence-corrected chi connectivity index (χ0v) is 18.4. The molecule has 7 nitrogen and oxygen atoms in total. The second kappa shape index (κ2) is 10.5. The Morgan fingerprint density at radius 1 is 1.03 bits per heavy atom. The molecule has 2 fully saturated rings. The Labute approximate surface area is 191 Å². The second-order valence-corrected chi connectivity index (χ2v) is 8.41. The van der Waals surface area contributed by atoms with Gasteiger partial charge in [0.1, 0.15) is 12.3 Å². The van der Waals surface area contributed by atoms with Crippen LogP contribution in [0.15, 0.2) is 59.5 Å². The normalized spacial score (nSPS) is 17.8. The average Bonchev–Trinajstić information content (AvgIpc) is 3.08. The maximum absolute atomic E-state index is 12.7. The molecule has 0 aromatic heterocycles. The van der Waals surface area contributed by atoms with Crippen molar-refractivity contribution in [1.82, 2.24) is 9.80 Å². The number of ether oxygens (including phenoxy) is 2. The van der Waals surface area contributed by atoms with E-state index in [1.807, 2.05) is 42.5 Å². The molecule has 2 aliphatic rings.